The number of benzene rings is 2. The molecule has 0 radical (unpaired) electrons. The van der Waals surface area contributed by atoms with Gasteiger partial charge in [0.25, 0.3) is 0 Å². The summed E-state index contributed by atoms with van der Waals surface area (Å²) in [6.45, 7) is 4.04. The Hall–Kier alpha value is -2.90. The van der Waals surface area contributed by atoms with Crippen LogP contribution in [0.25, 0.3) is 0 Å². The largest absolute Gasteiger partial charge is 0.416 e. The number of carbonyl (C=O) groups excluding carboxylic acids is 1. The highest BCUT2D eigenvalue weighted by atomic mass is 19.4. The van der Waals surface area contributed by atoms with Crippen LogP contribution in [0.3, 0.4) is 0 Å². The molecule has 1 N–H and O–H groups in total. The maximum Gasteiger partial charge on any atom is 0.416 e. The highest BCUT2D eigenvalue weighted by molar-refractivity contribution is 5.75. The minimum atomic E-state index is -5.02. The number of ether oxygens (including phenoxy) is 1. The van der Waals surface area contributed by atoms with E-state index in [-0.39, 0.29) is 29.8 Å². The zero-order valence-electron chi connectivity index (χ0n) is 24.0. The topological polar surface area (TPSA) is 56.3 Å². The number of piperidine rings is 1. The molecule has 236 valence electrons. The van der Waals surface area contributed by atoms with Crippen LogP contribution in [0.2, 0.25) is 0 Å². The van der Waals surface area contributed by atoms with Gasteiger partial charge >= 0.3 is 18.4 Å². The van der Waals surface area contributed by atoms with Gasteiger partial charge in [0.05, 0.1) is 36.4 Å². The minimum Gasteiger partial charge on any atom is -0.367 e. The molecule has 0 saturated carbocycles. The second-order valence-corrected chi connectivity index (χ2v) is 11.9. The molecule has 2 aromatic carbocycles. The first-order chi connectivity index (χ1) is 20.0. The van der Waals surface area contributed by atoms with Crippen molar-refractivity contribution in [2.75, 3.05) is 26.7 Å². The number of nitrogens with zero attached hydrogens (tertiary/aromatic N) is 3. The van der Waals surface area contributed by atoms with Crippen LogP contribution in [0.1, 0.15) is 72.5 Å². The lowest BCUT2D eigenvalue weighted by molar-refractivity contribution is -0.179. The molecule has 1 spiro atoms. The number of amides is 2. The fourth-order valence-corrected chi connectivity index (χ4v) is 6.96. The molecule has 6 nitrogen and oxygen atoms in total. The highest BCUT2D eigenvalue weighted by Crippen LogP contribution is 2.49. The van der Waals surface area contributed by atoms with E-state index in [9.17, 15) is 40.6 Å². The van der Waals surface area contributed by atoms with E-state index in [1.54, 1.807) is 17.9 Å². The molecule has 0 aromatic heterocycles. The van der Waals surface area contributed by atoms with Crippen LogP contribution in [0.4, 0.5) is 35.5 Å². The minimum absolute atomic E-state index is 0.0624. The average molecular weight is 618 g/mol. The third-order valence-electron chi connectivity index (χ3n) is 9.41. The lowest BCUT2D eigenvalue weighted by Crippen LogP contribution is -2.60. The second kappa shape index (κ2) is 11.2. The molecule has 13 heteroatoms. The summed E-state index contributed by atoms with van der Waals surface area (Å²) in [5.74, 6) is -0.447. The Bertz CT molecular complexity index is 1340. The van der Waals surface area contributed by atoms with E-state index in [1.807, 2.05) is 0 Å². The summed E-state index contributed by atoms with van der Waals surface area (Å²) in [4.78, 5) is 19.0. The van der Waals surface area contributed by atoms with E-state index >= 15 is 0 Å². The van der Waals surface area contributed by atoms with E-state index in [2.05, 4.69) is 4.90 Å². The maximum absolute atomic E-state index is 14.1. The molecule has 3 heterocycles. The van der Waals surface area contributed by atoms with Crippen molar-refractivity contribution in [1.29, 1.82) is 0 Å². The summed E-state index contributed by atoms with van der Waals surface area (Å²) in [6, 6.07) is 3.46. The Kier molecular flexibility index (Phi) is 8.23. The number of aryl methyl sites for hydroxylation is 1. The number of alkyl halides is 6. The first kappa shape index (κ1) is 31.5. The molecule has 0 aliphatic carbocycles. The standard InChI is InChI=1S/C30H34F7N3O3/c1-17-10-22(31)4-5-24(17)25-14-28(7-6-23-16-43-26(41)15-40(23)28)8-9-39(25)27(42)38(3)18(2)19-11-20(29(32,33)34)13-21(12-19)30(35,36)37/h4-5,10-13,18,23,25-26,41H,6-9,14-16H2,1-3H3/t18-,23-,25-,26?,28+/m1/s1. The molecule has 3 aliphatic rings. The summed E-state index contributed by atoms with van der Waals surface area (Å²) >= 11 is 0. The van der Waals surface area contributed by atoms with Gasteiger partial charge in [-0.3, -0.25) is 4.90 Å². The summed E-state index contributed by atoms with van der Waals surface area (Å²) in [5.41, 5.74) is -2.27. The number of aliphatic hydroxyl groups is 1. The Morgan fingerprint density at radius 1 is 1.07 bits per heavy atom. The molecule has 5 atom stereocenters. The van der Waals surface area contributed by atoms with Crippen LogP contribution in [-0.2, 0) is 17.1 Å². The molecule has 3 aliphatic heterocycles. The number of rotatable bonds is 3. The first-order valence-electron chi connectivity index (χ1n) is 14.2. The fraction of sp³-hybridized carbons (Fsp3) is 0.567. The number of morpholine rings is 1. The molecule has 3 saturated heterocycles. The number of halogens is 7. The Morgan fingerprint density at radius 2 is 1.72 bits per heavy atom. The van der Waals surface area contributed by atoms with E-state index in [0.717, 1.165) is 17.7 Å². The predicted octanol–water partition coefficient (Wildman–Crippen LogP) is 6.67. The maximum atomic E-state index is 14.1. The lowest BCUT2D eigenvalue weighted by Gasteiger charge is -2.52. The van der Waals surface area contributed by atoms with Gasteiger partial charge in [-0.25, -0.2) is 9.18 Å². The molecule has 2 aromatic rings. The third kappa shape index (κ3) is 6.08. The number of carbonyl (C=O) groups is 1. The molecule has 43 heavy (non-hydrogen) atoms. The number of β-amino-alcohol motifs (C(OH)–C–C–N with tert-alkyl or cyclic N) is 1. The summed E-state index contributed by atoms with van der Waals surface area (Å²) in [5, 5.41) is 10.2. The van der Waals surface area contributed by atoms with Crippen LogP contribution in [0, 0.1) is 12.7 Å². The molecular weight excluding hydrogens is 583 g/mol. The van der Waals surface area contributed by atoms with Gasteiger partial charge in [0.15, 0.2) is 6.29 Å². The van der Waals surface area contributed by atoms with Crippen molar-refractivity contribution in [3.05, 3.63) is 70.0 Å². The second-order valence-electron chi connectivity index (χ2n) is 11.9. The van der Waals surface area contributed by atoms with Crippen molar-refractivity contribution in [2.45, 2.75) is 81.8 Å². The number of hydrogen-bond acceptors (Lipinski definition) is 4. The number of aliphatic hydroxyl groups excluding tert-OH is 1. The molecule has 1 unspecified atom stereocenters. The van der Waals surface area contributed by atoms with Gasteiger partial charge in [-0.1, -0.05) is 6.07 Å². The zero-order chi connectivity index (χ0) is 31.5. The van der Waals surface area contributed by atoms with Crippen LogP contribution >= 0.6 is 0 Å². The summed E-state index contributed by atoms with van der Waals surface area (Å²) < 4.78 is 101. The average Bonchev–Trinajstić information content (AvgIpc) is 3.27. The fourth-order valence-electron chi connectivity index (χ4n) is 6.96. The molecule has 3 fully saturated rings. The smallest absolute Gasteiger partial charge is 0.367 e. The van der Waals surface area contributed by atoms with Crippen LogP contribution in [0.5, 0.6) is 0 Å². The Balaban J connectivity index is 1.48. The van der Waals surface area contributed by atoms with Gasteiger partial charge in [-0.05, 0) is 86.6 Å². The van der Waals surface area contributed by atoms with Crippen LogP contribution in [-0.4, -0.2) is 70.5 Å². The van der Waals surface area contributed by atoms with Gasteiger partial charge in [0.2, 0.25) is 0 Å². The number of hydrogen-bond donors (Lipinski definition) is 1. The van der Waals surface area contributed by atoms with E-state index in [1.165, 1.54) is 26.1 Å². The van der Waals surface area contributed by atoms with Crippen molar-refractivity contribution in [3.63, 3.8) is 0 Å². The number of urea groups is 1. The monoisotopic (exact) mass is 617 g/mol. The highest BCUT2D eigenvalue weighted by Gasteiger charge is 2.53. The predicted molar refractivity (Wildman–Crippen MR) is 142 cm³/mol. The first-order valence-corrected chi connectivity index (χ1v) is 14.2. The van der Waals surface area contributed by atoms with Crippen molar-refractivity contribution in [3.8, 4) is 0 Å². The van der Waals surface area contributed by atoms with E-state index < -0.39 is 53.7 Å². The normalized spacial score (nSPS) is 27.3. The van der Waals surface area contributed by atoms with Crippen molar-refractivity contribution >= 4 is 6.03 Å². The molecule has 2 amide bonds. The summed E-state index contributed by atoms with van der Waals surface area (Å²) in [7, 11) is 1.35. The van der Waals surface area contributed by atoms with E-state index in [0.29, 0.717) is 49.3 Å². The van der Waals surface area contributed by atoms with Gasteiger partial charge in [0.1, 0.15) is 5.82 Å². The Labute approximate surface area is 245 Å². The molecule has 0 bridgehead atoms. The third-order valence-corrected chi connectivity index (χ3v) is 9.41. The van der Waals surface area contributed by atoms with Crippen molar-refractivity contribution in [1.82, 2.24) is 14.7 Å². The lowest BCUT2D eigenvalue weighted by atomic mass is 9.78. The quantitative estimate of drug-likeness (QED) is 0.391. The van der Waals surface area contributed by atoms with Gasteiger partial charge in [-0.2, -0.15) is 26.3 Å². The molecular formula is C30H34F7N3O3. The Morgan fingerprint density at radius 3 is 2.33 bits per heavy atom. The van der Waals surface area contributed by atoms with Crippen molar-refractivity contribution in [2.24, 2.45) is 0 Å². The van der Waals surface area contributed by atoms with E-state index in [4.69, 9.17) is 4.74 Å². The van der Waals surface area contributed by atoms with Gasteiger partial charge in [-0.15, -0.1) is 0 Å². The SMILES string of the molecule is Cc1cc(F)ccc1[C@H]1C[C@]2(CC[C@@H]3COC(O)CN32)CCN1C(=O)N(C)[C@H](C)c1cc(C(F)(F)F)cc(C(F)(F)F)c1. The molecule has 5 rings (SSSR count). The summed E-state index contributed by atoms with van der Waals surface area (Å²) in [6.07, 6.45) is -8.35. The number of likely N-dealkylation sites (tertiary alicyclic amines) is 1. The van der Waals surface area contributed by atoms with Crippen LogP contribution < -0.4 is 0 Å². The van der Waals surface area contributed by atoms with Crippen molar-refractivity contribution < 1.29 is 45.4 Å². The van der Waals surface area contributed by atoms with Gasteiger partial charge in [0, 0.05) is 25.2 Å². The zero-order valence-corrected chi connectivity index (χ0v) is 24.0. The van der Waals surface area contributed by atoms with Crippen LogP contribution in [0.15, 0.2) is 36.4 Å². The number of fused-ring (bicyclic) bond motifs is 2. The van der Waals surface area contributed by atoms with Gasteiger partial charge < -0.3 is 19.6 Å².